The van der Waals surface area contributed by atoms with Crippen LogP contribution in [0.4, 0.5) is 11.4 Å². The maximum atomic E-state index is 13.1. The van der Waals surface area contributed by atoms with Crippen LogP contribution in [-0.2, 0) is 4.79 Å². The van der Waals surface area contributed by atoms with E-state index in [1.54, 1.807) is 7.11 Å². The number of hydrogen-bond acceptors (Lipinski definition) is 4. The lowest BCUT2D eigenvalue weighted by molar-refractivity contribution is -0.114. The molecule has 0 bridgehead atoms. The van der Waals surface area contributed by atoms with Gasteiger partial charge in [0.05, 0.1) is 7.11 Å². The molecule has 38 heavy (non-hydrogen) atoms. The standard InChI is InChI=1S/C32H37N3O3/c1-22(36)33-27-7-5-6-26(20-27)23-10-12-25(13-11-23)32(37)34-28-14-15-31(38-2)30(21-28)24-16-18-35(19-17-24)29-8-3-4-9-29/h5-7,10-15,20-21,24,29H,3-4,8-9,16-19H2,1-2H3,(H,33,36)(H,34,37). The SMILES string of the molecule is COc1ccc(NC(=O)c2ccc(-c3cccc(NC(C)=O)c3)cc2)cc1C1CCN(C2CCCC2)CC1. The van der Waals surface area contributed by atoms with Crippen molar-refractivity contribution in [1.82, 2.24) is 4.90 Å². The number of amides is 2. The summed E-state index contributed by atoms with van der Waals surface area (Å²) in [5.41, 5.74) is 5.26. The molecule has 1 heterocycles. The third-order valence-electron chi connectivity index (χ3n) is 7.96. The first-order valence-corrected chi connectivity index (χ1v) is 13.7. The van der Waals surface area contributed by atoms with Gasteiger partial charge < -0.3 is 20.3 Å². The van der Waals surface area contributed by atoms with E-state index < -0.39 is 0 Å². The Labute approximate surface area is 225 Å². The van der Waals surface area contributed by atoms with Crippen molar-refractivity contribution < 1.29 is 14.3 Å². The molecular weight excluding hydrogens is 474 g/mol. The first kappa shape index (κ1) is 26.0. The summed E-state index contributed by atoms with van der Waals surface area (Å²) in [5, 5.41) is 5.89. The van der Waals surface area contributed by atoms with Gasteiger partial charge in [0.15, 0.2) is 0 Å². The van der Waals surface area contributed by atoms with E-state index >= 15 is 0 Å². The Bertz CT molecular complexity index is 1270. The Balaban J connectivity index is 1.25. The van der Waals surface area contributed by atoms with Crippen LogP contribution in [0.25, 0.3) is 11.1 Å². The van der Waals surface area contributed by atoms with Crippen LogP contribution in [0.15, 0.2) is 66.7 Å². The summed E-state index contributed by atoms with van der Waals surface area (Å²) in [6.07, 6.45) is 7.67. The number of carbonyl (C=O) groups excluding carboxylic acids is 2. The lowest BCUT2D eigenvalue weighted by atomic mass is 9.87. The Hall–Kier alpha value is -3.64. The van der Waals surface area contributed by atoms with Crippen molar-refractivity contribution in [2.24, 2.45) is 0 Å². The predicted molar refractivity (Wildman–Crippen MR) is 153 cm³/mol. The summed E-state index contributed by atoms with van der Waals surface area (Å²) >= 11 is 0. The number of methoxy groups -OCH3 is 1. The van der Waals surface area contributed by atoms with Crippen molar-refractivity contribution in [3.05, 3.63) is 77.9 Å². The molecule has 198 valence electrons. The van der Waals surface area contributed by atoms with Crippen LogP contribution in [0.3, 0.4) is 0 Å². The van der Waals surface area contributed by atoms with Crippen molar-refractivity contribution in [3.63, 3.8) is 0 Å². The summed E-state index contributed by atoms with van der Waals surface area (Å²) in [4.78, 5) is 27.1. The van der Waals surface area contributed by atoms with Crippen LogP contribution in [0.5, 0.6) is 5.75 Å². The Morgan fingerprint density at radius 2 is 1.53 bits per heavy atom. The lowest BCUT2D eigenvalue weighted by Gasteiger charge is -2.36. The Morgan fingerprint density at radius 1 is 0.816 bits per heavy atom. The number of ether oxygens (including phenoxy) is 1. The first-order chi connectivity index (χ1) is 18.5. The summed E-state index contributed by atoms with van der Waals surface area (Å²) in [7, 11) is 1.72. The van der Waals surface area contributed by atoms with Gasteiger partial charge in [-0.05, 0) is 104 Å². The zero-order valence-electron chi connectivity index (χ0n) is 22.3. The minimum atomic E-state index is -0.143. The fraction of sp³-hybridized carbons (Fsp3) is 0.375. The zero-order valence-corrected chi connectivity index (χ0v) is 22.3. The van der Waals surface area contributed by atoms with Crippen molar-refractivity contribution in [2.45, 2.75) is 57.4 Å². The van der Waals surface area contributed by atoms with Gasteiger partial charge in [-0.15, -0.1) is 0 Å². The highest BCUT2D eigenvalue weighted by Gasteiger charge is 2.29. The van der Waals surface area contributed by atoms with Gasteiger partial charge >= 0.3 is 0 Å². The summed E-state index contributed by atoms with van der Waals surface area (Å²) in [6, 6.07) is 21.9. The summed E-state index contributed by atoms with van der Waals surface area (Å²) in [5.74, 6) is 1.08. The molecule has 5 rings (SSSR count). The second kappa shape index (κ2) is 11.8. The maximum Gasteiger partial charge on any atom is 0.255 e. The predicted octanol–water partition coefficient (Wildman–Crippen LogP) is 6.69. The molecule has 0 atom stereocenters. The Kier molecular flexibility index (Phi) is 8.08. The van der Waals surface area contributed by atoms with Gasteiger partial charge in [0.1, 0.15) is 5.75 Å². The topological polar surface area (TPSA) is 70.7 Å². The number of benzene rings is 3. The fourth-order valence-electron chi connectivity index (χ4n) is 5.97. The zero-order chi connectivity index (χ0) is 26.5. The fourth-order valence-corrected chi connectivity index (χ4v) is 5.97. The van der Waals surface area contributed by atoms with Gasteiger partial charge in [0.25, 0.3) is 5.91 Å². The molecule has 0 spiro atoms. The number of nitrogens with one attached hydrogen (secondary N) is 2. The molecule has 2 amide bonds. The molecule has 1 aliphatic carbocycles. The highest BCUT2D eigenvalue weighted by atomic mass is 16.5. The van der Waals surface area contributed by atoms with Crippen LogP contribution in [0.2, 0.25) is 0 Å². The molecule has 3 aromatic carbocycles. The van der Waals surface area contributed by atoms with E-state index in [1.807, 2.05) is 60.7 Å². The number of anilines is 2. The van der Waals surface area contributed by atoms with E-state index in [4.69, 9.17) is 4.74 Å². The minimum absolute atomic E-state index is 0.106. The van der Waals surface area contributed by atoms with E-state index in [0.717, 1.165) is 60.2 Å². The second-order valence-electron chi connectivity index (χ2n) is 10.5. The van der Waals surface area contributed by atoms with Gasteiger partial charge in [-0.1, -0.05) is 37.1 Å². The van der Waals surface area contributed by atoms with Crippen LogP contribution in [0, 0.1) is 0 Å². The lowest BCUT2D eigenvalue weighted by Crippen LogP contribution is -2.39. The average Bonchev–Trinajstić information content (AvgIpc) is 3.48. The molecular formula is C32H37N3O3. The van der Waals surface area contributed by atoms with Gasteiger partial charge in [0.2, 0.25) is 5.91 Å². The molecule has 0 aromatic heterocycles. The molecule has 1 saturated carbocycles. The van der Waals surface area contributed by atoms with Gasteiger partial charge in [0, 0.05) is 29.9 Å². The van der Waals surface area contributed by atoms with Crippen molar-refractivity contribution >= 4 is 23.2 Å². The number of piperidine rings is 1. The molecule has 0 radical (unpaired) electrons. The normalized spacial score (nSPS) is 16.8. The summed E-state index contributed by atoms with van der Waals surface area (Å²) < 4.78 is 5.71. The average molecular weight is 512 g/mol. The molecule has 0 unspecified atom stereocenters. The molecule has 1 aliphatic heterocycles. The molecule has 2 fully saturated rings. The Morgan fingerprint density at radius 3 is 2.21 bits per heavy atom. The van der Waals surface area contributed by atoms with Crippen molar-refractivity contribution in [1.29, 1.82) is 0 Å². The van der Waals surface area contributed by atoms with Crippen molar-refractivity contribution in [2.75, 3.05) is 30.8 Å². The number of rotatable bonds is 7. The monoisotopic (exact) mass is 511 g/mol. The highest BCUT2D eigenvalue weighted by Crippen LogP contribution is 2.38. The van der Waals surface area contributed by atoms with Crippen LogP contribution in [-0.4, -0.2) is 43.0 Å². The van der Waals surface area contributed by atoms with E-state index in [-0.39, 0.29) is 11.8 Å². The second-order valence-corrected chi connectivity index (χ2v) is 10.5. The van der Waals surface area contributed by atoms with E-state index in [2.05, 4.69) is 21.6 Å². The van der Waals surface area contributed by atoms with Crippen molar-refractivity contribution in [3.8, 4) is 16.9 Å². The van der Waals surface area contributed by atoms with Crippen LogP contribution in [0.1, 0.15) is 67.3 Å². The minimum Gasteiger partial charge on any atom is -0.496 e. The van der Waals surface area contributed by atoms with E-state index in [0.29, 0.717) is 11.5 Å². The summed E-state index contributed by atoms with van der Waals surface area (Å²) in [6.45, 7) is 3.76. The maximum absolute atomic E-state index is 13.1. The molecule has 6 heteroatoms. The molecule has 6 nitrogen and oxygen atoms in total. The number of nitrogens with zero attached hydrogens (tertiary/aromatic N) is 1. The third kappa shape index (κ3) is 6.08. The molecule has 3 aromatic rings. The molecule has 1 saturated heterocycles. The van der Waals surface area contributed by atoms with Gasteiger partial charge in [-0.25, -0.2) is 0 Å². The van der Waals surface area contributed by atoms with Crippen LogP contribution < -0.4 is 15.4 Å². The van der Waals surface area contributed by atoms with E-state index in [9.17, 15) is 9.59 Å². The quantitative estimate of drug-likeness (QED) is 0.371. The highest BCUT2D eigenvalue weighted by molar-refractivity contribution is 6.04. The van der Waals surface area contributed by atoms with E-state index in [1.165, 1.54) is 38.2 Å². The largest absolute Gasteiger partial charge is 0.496 e. The third-order valence-corrected chi connectivity index (χ3v) is 7.96. The number of likely N-dealkylation sites (tertiary alicyclic amines) is 1. The number of carbonyl (C=O) groups is 2. The van der Waals surface area contributed by atoms with Gasteiger partial charge in [-0.3, -0.25) is 9.59 Å². The van der Waals surface area contributed by atoms with Crippen LogP contribution >= 0.6 is 0 Å². The smallest absolute Gasteiger partial charge is 0.255 e. The first-order valence-electron chi connectivity index (χ1n) is 13.7. The number of hydrogen-bond donors (Lipinski definition) is 2. The molecule has 2 aliphatic rings. The van der Waals surface area contributed by atoms with Gasteiger partial charge in [-0.2, -0.15) is 0 Å². The molecule has 2 N–H and O–H groups in total.